The molecule has 6 heteroatoms. The second-order valence-corrected chi connectivity index (χ2v) is 35.4. The summed E-state index contributed by atoms with van der Waals surface area (Å²) in [6, 6.07) is 34.1. The van der Waals surface area contributed by atoms with E-state index in [9.17, 15) is 0 Å². The van der Waals surface area contributed by atoms with Crippen LogP contribution < -0.4 is 8.79 Å². The molecule has 0 unspecified atom stereocenters. The van der Waals surface area contributed by atoms with Gasteiger partial charge in [-0.1, -0.05) is 0 Å². The first-order valence-corrected chi connectivity index (χ1v) is 30.0. The molecule has 0 saturated carbocycles. The van der Waals surface area contributed by atoms with Gasteiger partial charge >= 0.3 is 264 Å². The standard InChI is InChI=1S/C23H24GeNS.C14H16GeN.Ir/c1-15(2)16-11-12-25-21(13-16)19-8-6-7-18-20-14-17(24(3,4)5)9-10-22(20)26-23(18)19;1-15(2,3)13-9-10-14(16-11-13)12-7-5-4-6-8-12;/h6-7,9-15H,1-5H3;4-7,9-11H,1-3H3;/q2*-1;/i15D;;. The van der Waals surface area contributed by atoms with Crippen LogP contribution in [0.5, 0.6) is 0 Å². The Morgan fingerprint density at radius 1 is 0.744 bits per heavy atom. The van der Waals surface area contributed by atoms with E-state index in [1.165, 1.54) is 29.0 Å². The molecule has 6 aromatic rings. The minimum Gasteiger partial charge on any atom is 0 e. The Kier molecular flexibility index (Phi) is 10.5. The van der Waals surface area contributed by atoms with E-state index < -0.39 is 32.4 Å². The van der Waals surface area contributed by atoms with E-state index in [2.05, 4.69) is 93.0 Å². The molecule has 0 aliphatic rings. The van der Waals surface area contributed by atoms with Crippen molar-refractivity contribution in [1.82, 2.24) is 9.97 Å². The van der Waals surface area contributed by atoms with Gasteiger partial charge in [0.05, 0.1) is 0 Å². The van der Waals surface area contributed by atoms with Crippen LogP contribution in [0, 0.1) is 12.1 Å². The number of benzene rings is 3. The predicted octanol–water partition coefficient (Wildman–Crippen LogP) is 9.68. The van der Waals surface area contributed by atoms with Gasteiger partial charge in [0.25, 0.3) is 0 Å². The number of thiophene rings is 1. The molecular formula is C37H40Ge2IrN2S-2. The van der Waals surface area contributed by atoms with Crippen molar-refractivity contribution in [2.75, 3.05) is 0 Å². The van der Waals surface area contributed by atoms with Gasteiger partial charge in [0, 0.05) is 20.1 Å². The Morgan fingerprint density at radius 2 is 1.49 bits per heavy atom. The summed E-state index contributed by atoms with van der Waals surface area (Å²) in [5, 5.41) is 2.63. The largest absolute Gasteiger partial charge is 0 e. The molecule has 3 heterocycles. The van der Waals surface area contributed by atoms with Gasteiger partial charge < -0.3 is 0 Å². The minimum atomic E-state index is -1.87. The van der Waals surface area contributed by atoms with Gasteiger partial charge in [-0.05, 0) is 0 Å². The predicted molar refractivity (Wildman–Crippen MR) is 190 cm³/mol. The summed E-state index contributed by atoms with van der Waals surface area (Å²) in [6.45, 7) is 3.82. The molecule has 3 aromatic heterocycles. The van der Waals surface area contributed by atoms with Crippen LogP contribution in [0.2, 0.25) is 34.5 Å². The molecule has 6 rings (SSSR count). The summed E-state index contributed by atoms with van der Waals surface area (Å²) < 4.78 is 13.9. The zero-order valence-electron chi connectivity index (χ0n) is 27.3. The van der Waals surface area contributed by atoms with Crippen LogP contribution in [-0.4, -0.2) is 36.5 Å². The van der Waals surface area contributed by atoms with Crippen molar-refractivity contribution >= 4 is 66.8 Å². The topological polar surface area (TPSA) is 25.8 Å². The monoisotopic (exact) mass is 886 g/mol. The van der Waals surface area contributed by atoms with Crippen LogP contribution in [0.3, 0.4) is 0 Å². The number of fused-ring (bicyclic) bond motifs is 3. The second-order valence-electron chi connectivity index (χ2n) is 13.0. The first kappa shape index (κ1) is 32.3. The zero-order valence-corrected chi connectivity index (χ0v) is 33.7. The van der Waals surface area contributed by atoms with Gasteiger partial charge in [-0.2, -0.15) is 0 Å². The average molecular weight is 883 g/mol. The van der Waals surface area contributed by atoms with Gasteiger partial charge in [-0.25, -0.2) is 0 Å². The second kappa shape index (κ2) is 13.9. The molecule has 0 N–H and O–H groups in total. The Bertz CT molecular complexity index is 1870. The van der Waals surface area contributed by atoms with Crippen molar-refractivity contribution < 1.29 is 21.5 Å². The molecule has 0 bridgehead atoms. The van der Waals surface area contributed by atoms with Gasteiger partial charge in [0.1, 0.15) is 0 Å². The molecule has 0 amide bonds. The van der Waals surface area contributed by atoms with Gasteiger partial charge in [-0.15, -0.1) is 0 Å². The third-order valence-corrected chi connectivity index (χ3v) is 17.3. The van der Waals surface area contributed by atoms with Crippen molar-refractivity contribution in [3.05, 3.63) is 109 Å². The summed E-state index contributed by atoms with van der Waals surface area (Å²) in [4.78, 5) is 9.13. The normalized spacial score (nSPS) is 12.3. The molecule has 43 heavy (non-hydrogen) atoms. The Hall–Kier alpha value is -2.08. The summed E-state index contributed by atoms with van der Waals surface area (Å²) in [6.07, 6.45) is 3.85. The maximum Gasteiger partial charge on any atom is 0 e. The van der Waals surface area contributed by atoms with E-state index in [4.69, 9.17) is 1.37 Å². The van der Waals surface area contributed by atoms with Crippen LogP contribution in [0.15, 0.2) is 91.3 Å². The van der Waals surface area contributed by atoms with Gasteiger partial charge in [0.2, 0.25) is 0 Å². The molecular weight excluding hydrogens is 842 g/mol. The molecule has 1 radical (unpaired) electrons. The first-order chi connectivity index (χ1) is 20.2. The smallest absolute Gasteiger partial charge is 0 e. The molecule has 0 aliphatic heterocycles. The first-order valence-electron chi connectivity index (χ1n) is 15.0. The van der Waals surface area contributed by atoms with Crippen LogP contribution in [0.25, 0.3) is 42.7 Å². The molecule has 0 spiro atoms. The van der Waals surface area contributed by atoms with Crippen molar-refractivity contribution in [3.63, 3.8) is 0 Å². The minimum absolute atomic E-state index is 0. The fraction of sp³-hybridized carbons (Fsp3) is 0.243. The van der Waals surface area contributed by atoms with Gasteiger partial charge in [0.15, 0.2) is 0 Å². The molecule has 0 fully saturated rings. The van der Waals surface area contributed by atoms with E-state index in [0.29, 0.717) is 0 Å². The van der Waals surface area contributed by atoms with Crippen LogP contribution >= 0.6 is 11.3 Å². The number of aromatic nitrogens is 2. The number of hydrogen-bond donors (Lipinski definition) is 0. The summed E-state index contributed by atoms with van der Waals surface area (Å²) in [5.41, 5.74) is 4.99. The van der Waals surface area contributed by atoms with Crippen molar-refractivity contribution in [1.29, 1.82) is 0 Å². The number of hydrogen-bond acceptors (Lipinski definition) is 3. The maximum atomic E-state index is 8.33. The zero-order chi connectivity index (χ0) is 31.0. The third kappa shape index (κ3) is 7.96. The van der Waals surface area contributed by atoms with E-state index in [0.717, 1.165) is 28.1 Å². The summed E-state index contributed by atoms with van der Waals surface area (Å²) in [5.74, 6) is 13.8. The van der Waals surface area contributed by atoms with Crippen LogP contribution in [-0.2, 0) is 20.1 Å². The maximum absolute atomic E-state index is 8.33. The van der Waals surface area contributed by atoms with Crippen molar-refractivity contribution in [2.45, 2.75) is 54.3 Å². The number of rotatable bonds is 5. The van der Waals surface area contributed by atoms with Crippen molar-refractivity contribution in [3.8, 4) is 22.5 Å². The quantitative estimate of drug-likeness (QED) is 0.127. The Morgan fingerprint density at radius 3 is 2.12 bits per heavy atom. The van der Waals surface area contributed by atoms with Crippen molar-refractivity contribution in [2.24, 2.45) is 0 Å². The van der Waals surface area contributed by atoms with Crippen LogP contribution in [0.4, 0.5) is 0 Å². The SMILES string of the molecule is [2H]C(C)(C)c1ccnc(-c2[c-]ccc3c2sc2cc[c]([Ge]([CH3])([CH3])[CH3])cc23)c1.[CH3][Ge]([CH3])([CH3])[c]1ccc(-c2[c-]cccc2)nc1.[Ir]. The van der Waals surface area contributed by atoms with Crippen LogP contribution in [0.1, 0.15) is 26.7 Å². The molecule has 0 aliphatic carbocycles. The molecule has 2 nitrogen and oxygen atoms in total. The third-order valence-electron chi connectivity index (χ3n) is 7.51. The summed E-state index contributed by atoms with van der Waals surface area (Å²) >= 11 is -1.77. The molecule has 3 aromatic carbocycles. The van der Waals surface area contributed by atoms with Gasteiger partial charge in [-0.3, -0.25) is 0 Å². The average Bonchev–Trinajstić information content (AvgIpc) is 3.35. The van der Waals surface area contributed by atoms with E-state index in [1.54, 1.807) is 0 Å². The fourth-order valence-corrected chi connectivity index (χ4v) is 10.6. The Balaban J connectivity index is 0.000000223. The molecule has 223 valence electrons. The fourth-order valence-electron chi connectivity index (χ4n) is 4.83. The Labute approximate surface area is 281 Å². The number of nitrogens with zero attached hydrogens (tertiary/aromatic N) is 2. The molecule has 0 atom stereocenters. The number of pyridine rings is 2. The summed E-state index contributed by atoms with van der Waals surface area (Å²) in [7, 11) is 0. The molecule has 0 saturated heterocycles. The van der Waals surface area contributed by atoms with E-state index >= 15 is 0 Å². The van der Waals surface area contributed by atoms with E-state index in [-0.39, 0.29) is 20.1 Å². The van der Waals surface area contributed by atoms with E-state index in [1.807, 2.05) is 80.0 Å².